The Bertz CT molecular complexity index is 594. The zero-order chi connectivity index (χ0) is 13.9. The van der Waals surface area contributed by atoms with Gasteiger partial charge in [0.2, 0.25) is 5.91 Å². The highest BCUT2D eigenvalue weighted by Crippen LogP contribution is 2.34. The quantitative estimate of drug-likeness (QED) is 0.856. The summed E-state index contributed by atoms with van der Waals surface area (Å²) in [5, 5.41) is 2.19. The lowest BCUT2D eigenvalue weighted by Crippen LogP contribution is -2.40. The van der Waals surface area contributed by atoms with Crippen LogP contribution in [0.2, 0.25) is 0 Å². The van der Waals surface area contributed by atoms with E-state index in [9.17, 15) is 4.79 Å². The Morgan fingerprint density at radius 1 is 1.00 bits per heavy atom. The molecule has 1 heterocycles. The lowest BCUT2D eigenvalue weighted by Gasteiger charge is -2.26. The number of amides is 1. The van der Waals surface area contributed by atoms with E-state index in [1.54, 1.807) is 0 Å². The predicted octanol–water partition coefficient (Wildman–Crippen LogP) is 3.35. The maximum absolute atomic E-state index is 11.8. The topological polar surface area (TPSA) is 32.3 Å². The third-order valence-corrected chi connectivity index (χ3v) is 4.00. The molecule has 1 aliphatic rings. The molecular formula is C16H15BrN2O. The van der Waals surface area contributed by atoms with Crippen LogP contribution in [0, 0.1) is 0 Å². The molecule has 0 fully saturated rings. The van der Waals surface area contributed by atoms with E-state index >= 15 is 0 Å². The maximum atomic E-state index is 11.8. The van der Waals surface area contributed by atoms with Gasteiger partial charge in [-0.1, -0.05) is 52.3 Å². The third-order valence-electron chi connectivity index (χ3n) is 3.49. The second kappa shape index (κ2) is 5.67. The molecule has 0 bridgehead atoms. The monoisotopic (exact) mass is 330 g/mol. The fourth-order valence-electron chi connectivity index (χ4n) is 2.55. The van der Waals surface area contributed by atoms with Gasteiger partial charge in [-0.3, -0.25) is 15.2 Å². The molecule has 102 valence electrons. The fourth-order valence-corrected chi connectivity index (χ4v) is 2.68. The van der Waals surface area contributed by atoms with Crippen molar-refractivity contribution in [2.24, 2.45) is 0 Å². The Kier molecular flexibility index (Phi) is 3.74. The number of benzene rings is 2. The van der Waals surface area contributed by atoms with Crippen LogP contribution in [0.15, 0.2) is 48.5 Å². The highest BCUT2D eigenvalue weighted by Gasteiger charge is 2.21. The first-order valence-corrected chi connectivity index (χ1v) is 7.73. The Labute approximate surface area is 126 Å². The number of para-hydroxylation sites is 2. The van der Waals surface area contributed by atoms with Crippen molar-refractivity contribution in [1.29, 1.82) is 0 Å². The molecule has 4 heteroatoms. The first kappa shape index (κ1) is 13.2. The van der Waals surface area contributed by atoms with E-state index in [0.29, 0.717) is 0 Å². The van der Waals surface area contributed by atoms with Gasteiger partial charge in [0, 0.05) is 0 Å². The number of anilines is 2. The van der Waals surface area contributed by atoms with E-state index in [-0.39, 0.29) is 11.2 Å². The Morgan fingerprint density at radius 3 is 2.00 bits per heavy atom. The normalized spacial score (nSPS) is 13.2. The molecule has 2 aromatic carbocycles. The first-order chi connectivity index (χ1) is 9.79. The maximum Gasteiger partial charge on any atom is 0.249 e. The number of hydrogen-bond donors (Lipinski definition) is 1. The molecule has 1 N–H and O–H groups in total. The van der Waals surface area contributed by atoms with E-state index in [2.05, 4.69) is 33.5 Å². The number of hydrazine groups is 1. The van der Waals surface area contributed by atoms with Gasteiger partial charge in [-0.25, -0.2) is 0 Å². The number of carbonyl (C=O) groups excluding carboxylic acids is 1. The predicted molar refractivity (Wildman–Crippen MR) is 84.4 cm³/mol. The first-order valence-electron chi connectivity index (χ1n) is 6.61. The number of carbonyl (C=O) groups is 1. The fraction of sp³-hybridized carbons (Fsp3) is 0.188. The van der Waals surface area contributed by atoms with Gasteiger partial charge < -0.3 is 0 Å². The van der Waals surface area contributed by atoms with Gasteiger partial charge in [-0.05, 0) is 36.1 Å². The van der Waals surface area contributed by atoms with E-state index in [0.717, 1.165) is 24.2 Å². The molecule has 0 spiro atoms. The highest BCUT2D eigenvalue weighted by atomic mass is 79.9. The van der Waals surface area contributed by atoms with Crippen LogP contribution in [-0.4, -0.2) is 11.2 Å². The minimum atomic E-state index is -0.0588. The summed E-state index contributed by atoms with van der Waals surface area (Å²) in [7, 11) is 0. The van der Waals surface area contributed by atoms with Crippen molar-refractivity contribution in [3.05, 3.63) is 59.7 Å². The van der Waals surface area contributed by atoms with Crippen LogP contribution in [0.1, 0.15) is 11.1 Å². The lowest BCUT2D eigenvalue weighted by atomic mass is 10.0. The molecule has 1 amide bonds. The van der Waals surface area contributed by atoms with Crippen LogP contribution in [0.25, 0.3) is 0 Å². The molecule has 0 saturated heterocycles. The zero-order valence-corrected chi connectivity index (χ0v) is 12.6. The number of aryl methyl sites for hydroxylation is 2. The summed E-state index contributed by atoms with van der Waals surface area (Å²) in [6.45, 7) is 0. The molecule has 0 aromatic heterocycles. The second-order valence-electron chi connectivity index (χ2n) is 4.76. The molecule has 20 heavy (non-hydrogen) atoms. The molecule has 1 aliphatic heterocycles. The number of hydrogen-bond acceptors (Lipinski definition) is 2. The SMILES string of the molecule is O=C(CBr)NN1c2ccccc2CCc2ccccc21. The molecular weight excluding hydrogens is 316 g/mol. The molecule has 0 unspecified atom stereocenters. The second-order valence-corrected chi connectivity index (χ2v) is 5.32. The Hall–Kier alpha value is -1.81. The third kappa shape index (κ3) is 2.43. The summed E-state index contributed by atoms with van der Waals surface area (Å²) in [5.41, 5.74) is 7.56. The van der Waals surface area contributed by atoms with E-state index in [4.69, 9.17) is 0 Å². The van der Waals surface area contributed by atoms with Gasteiger partial charge in [0.15, 0.2) is 0 Å². The summed E-state index contributed by atoms with van der Waals surface area (Å²) in [6, 6.07) is 16.4. The van der Waals surface area contributed by atoms with Crippen LogP contribution in [-0.2, 0) is 17.6 Å². The van der Waals surface area contributed by atoms with E-state index in [1.165, 1.54) is 11.1 Å². The molecule has 3 rings (SSSR count). The summed E-state index contributed by atoms with van der Waals surface area (Å²) < 4.78 is 0. The average Bonchev–Trinajstić information content (AvgIpc) is 2.65. The van der Waals surface area contributed by atoms with Gasteiger partial charge >= 0.3 is 0 Å². The number of alkyl halides is 1. The Morgan fingerprint density at radius 2 is 1.50 bits per heavy atom. The zero-order valence-electron chi connectivity index (χ0n) is 11.0. The van der Waals surface area contributed by atoms with Crippen LogP contribution in [0.4, 0.5) is 11.4 Å². The van der Waals surface area contributed by atoms with E-state index < -0.39 is 0 Å². The van der Waals surface area contributed by atoms with Gasteiger partial charge in [0.05, 0.1) is 16.7 Å². The van der Waals surface area contributed by atoms with Gasteiger partial charge in [0.25, 0.3) is 0 Å². The lowest BCUT2D eigenvalue weighted by molar-refractivity contribution is -0.118. The largest absolute Gasteiger partial charge is 0.272 e. The standard InChI is InChI=1S/C16H15BrN2O/c17-11-16(20)18-19-14-7-3-1-5-12(14)9-10-13-6-2-4-8-15(13)19/h1-8H,9-11H2,(H,18,20). The van der Waals surface area contributed by atoms with Crippen LogP contribution < -0.4 is 10.4 Å². The highest BCUT2D eigenvalue weighted by molar-refractivity contribution is 9.09. The molecule has 3 nitrogen and oxygen atoms in total. The number of nitrogens with one attached hydrogen (secondary N) is 1. The minimum Gasteiger partial charge on any atom is -0.272 e. The summed E-state index contributed by atoms with van der Waals surface area (Å²) in [4.78, 5) is 11.8. The van der Waals surface area contributed by atoms with Crippen molar-refractivity contribution in [3.8, 4) is 0 Å². The van der Waals surface area contributed by atoms with Crippen molar-refractivity contribution in [2.75, 3.05) is 10.3 Å². The van der Waals surface area contributed by atoms with Crippen LogP contribution in [0.5, 0.6) is 0 Å². The van der Waals surface area contributed by atoms with Crippen molar-refractivity contribution >= 4 is 33.2 Å². The van der Waals surface area contributed by atoms with Crippen molar-refractivity contribution < 1.29 is 4.79 Å². The van der Waals surface area contributed by atoms with Gasteiger partial charge in [0.1, 0.15) is 0 Å². The van der Waals surface area contributed by atoms with Crippen molar-refractivity contribution in [2.45, 2.75) is 12.8 Å². The molecule has 0 radical (unpaired) electrons. The number of nitrogens with zero attached hydrogens (tertiary/aromatic N) is 1. The summed E-state index contributed by atoms with van der Waals surface area (Å²) in [6.07, 6.45) is 1.96. The van der Waals surface area contributed by atoms with Gasteiger partial charge in [-0.15, -0.1) is 0 Å². The summed E-state index contributed by atoms with van der Waals surface area (Å²) in [5.74, 6) is -0.0588. The average molecular weight is 331 g/mol. The summed E-state index contributed by atoms with van der Waals surface area (Å²) >= 11 is 3.20. The Balaban J connectivity index is 2.11. The number of halogens is 1. The van der Waals surface area contributed by atoms with Crippen molar-refractivity contribution in [3.63, 3.8) is 0 Å². The molecule has 0 atom stereocenters. The van der Waals surface area contributed by atoms with E-state index in [1.807, 2.05) is 41.4 Å². The smallest absolute Gasteiger partial charge is 0.249 e. The van der Waals surface area contributed by atoms with Gasteiger partial charge in [-0.2, -0.15) is 0 Å². The molecule has 0 saturated carbocycles. The molecule has 2 aromatic rings. The number of rotatable bonds is 2. The van der Waals surface area contributed by atoms with Crippen LogP contribution in [0.3, 0.4) is 0 Å². The number of fused-ring (bicyclic) bond motifs is 2. The minimum absolute atomic E-state index is 0.0588. The molecule has 0 aliphatic carbocycles. The van der Waals surface area contributed by atoms with Crippen molar-refractivity contribution in [1.82, 2.24) is 5.43 Å². The van der Waals surface area contributed by atoms with Crippen LogP contribution >= 0.6 is 15.9 Å².